The summed E-state index contributed by atoms with van der Waals surface area (Å²) in [6.07, 6.45) is 0.618. The number of carboxylic acids is 1. The summed E-state index contributed by atoms with van der Waals surface area (Å²) in [5.74, 6) is 0.635. The summed E-state index contributed by atoms with van der Waals surface area (Å²) in [4.78, 5) is 23.1. The molecule has 1 saturated heterocycles. The maximum absolute atomic E-state index is 11.8. The number of carbonyl (C=O) groups excluding carboxylic acids is 1. The lowest BCUT2D eigenvalue weighted by molar-refractivity contribution is -0.146. The molecule has 1 aromatic rings. The van der Waals surface area contributed by atoms with Gasteiger partial charge in [-0.1, -0.05) is 18.2 Å². The quantitative estimate of drug-likeness (QED) is 0.832. The summed E-state index contributed by atoms with van der Waals surface area (Å²) in [6, 6.07) is 9.21. The minimum absolute atomic E-state index is 0.147. The van der Waals surface area contributed by atoms with Gasteiger partial charge in [0.05, 0.1) is 13.0 Å². The van der Waals surface area contributed by atoms with E-state index in [1.54, 1.807) is 11.8 Å². The Morgan fingerprint density at radius 3 is 2.70 bits per heavy atom. The number of carbonyl (C=O) groups is 2. The number of nitrogens with one attached hydrogen (secondary N) is 1. The molecule has 2 N–H and O–H groups in total. The van der Waals surface area contributed by atoms with Crippen LogP contribution in [0, 0.1) is 0 Å². The topological polar surface area (TPSA) is 75.6 Å². The highest BCUT2D eigenvalue weighted by Gasteiger charge is 2.43. The Balaban J connectivity index is 1.79. The number of hydrogen-bond acceptors (Lipinski definition) is 4. The molecule has 1 fully saturated rings. The molecule has 2 rings (SSSR count). The van der Waals surface area contributed by atoms with E-state index in [9.17, 15) is 14.7 Å². The average molecular weight is 295 g/mol. The van der Waals surface area contributed by atoms with Crippen LogP contribution >= 0.6 is 11.8 Å². The molecule has 0 saturated carbocycles. The van der Waals surface area contributed by atoms with Gasteiger partial charge in [0, 0.05) is 5.75 Å². The third-order valence-corrected chi connectivity index (χ3v) is 4.34. The average Bonchev–Trinajstić information content (AvgIpc) is 2.90. The Morgan fingerprint density at radius 1 is 1.35 bits per heavy atom. The van der Waals surface area contributed by atoms with E-state index >= 15 is 0 Å². The number of para-hydroxylation sites is 1. The first-order chi connectivity index (χ1) is 9.62. The van der Waals surface area contributed by atoms with Crippen molar-refractivity contribution in [2.75, 3.05) is 18.1 Å². The lowest BCUT2D eigenvalue weighted by Gasteiger charge is -2.24. The van der Waals surface area contributed by atoms with Gasteiger partial charge in [0.1, 0.15) is 11.3 Å². The normalized spacial score (nSPS) is 21.4. The number of rotatable bonds is 6. The van der Waals surface area contributed by atoms with Crippen molar-refractivity contribution in [3.05, 3.63) is 30.3 Å². The van der Waals surface area contributed by atoms with Crippen molar-refractivity contribution >= 4 is 23.6 Å². The van der Waals surface area contributed by atoms with Crippen molar-refractivity contribution in [3.8, 4) is 5.75 Å². The number of benzene rings is 1. The van der Waals surface area contributed by atoms with Crippen molar-refractivity contribution in [2.24, 2.45) is 0 Å². The summed E-state index contributed by atoms with van der Waals surface area (Å²) in [7, 11) is 0. The Kier molecular flexibility index (Phi) is 4.89. The molecule has 1 heterocycles. The van der Waals surface area contributed by atoms with Gasteiger partial charge >= 0.3 is 5.97 Å². The van der Waals surface area contributed by atoms with E-state index in [2.05, 4.69) is 5.32 Å². The standard InChI is InChI=1S/C14H17NO4S/c16-12(6-8-19-11-4-2-1-3-5-11)15-14(13(17)18)7-9-20-10-14/h1-5H,6-10H2,(H,15,16)(H,17,18)/t14-/m0/s1. The molecule has 0 spiro atoms. The van der Waals surface area contributed by atoms with Crippen molar-refractivity contribution in [3.63, 3.8) is 0 Å². The largest absolute Gasteiger partial charge is 0.493 e. The van der Waals surface area contributed by atoms with Crippen LogP contribution in [0.3, 0.4) is 0 Å². The smallest absolute Gasteiger partial charge is 0.330 e. The van der Waals surface area contributed by atoms with E-state index < -0.39 is 11.5 Å². The van der Waals surface area contributed by atoms with Gasteiger partial charge in [0.25, 0.3) is 0 Å². The van der Waals surface area contributed by atoms with Gasteiger partial charge in [0.15, 0.2) is 0 Å². The van der Waals surface area contributed by atoms with E-state index in [0.717, 1.165) is 5.75 Å². The molecule has 20 heavy (non-hydrogen) atoms. The number of hydrogen-bond donors (Lipinski definition) is 2. The minimum atomic E-state index is -1.10. The monoisotopic (exact) mass is 295 g/mol. The van der Waals surface area contributed by atoms with Crippen LogP contribution in [-0.2, 0) is 9.59 Å². The van der Waals surface area contributed by atoms with Crippen molar-refractivity contribution in [1.82, 2.24) is 5.32 Å². The zero-order chi connectivity index (χ0) is 14.4. The molecular formula is C14H17NO4S. The van der Waals surface area contributed by atoms with Gasteiger partial charge in [0.2, 0.25) is 5.91 Å². The molecule has 0 aliphatic carbocycles. The molecule has 1 atom stereocenters. The Morgan fingerprint density at radius 2 is 2.10 bits per heavy atom. The van der Waals surface area contributed by atoms with Crippen LogP contribution in [0.15, 0.2) is 30.3 Å². The lowest BCUT2D eigenvalue weighted by atomic mass is 9.99. The first-order valence-corrected chi connectivity index (χ1v) is 7.58. The number of amides is 1. The molecule has 0 radical (unpaired) electrons. The molecule has 5 nitrogen and oxygen atoms in total. The zero-order valence-electron chi connectivity index (χ0n) is 11.0. The van der Waals surface area contributed by atoms with E-state index in [-0.39, 0.29) is 18.9 Å². The van der Waals surface area contributed by atoms with Crippen molar-refractivity contribution in [2.45, 2.75) is 18.4 Å². The second-order valence-electron chi connectivity index (χ2n) is 4.65. The molecule has 0 aromatic heterocycles. The minimum Gasteiger partial charge on any atom is -0.493 e. The molecule has 1 aromatic carbocycles. The molecule has 0 unspecified atom stereocenters. The van der Waals surface area contributed by atoms with Crippen LogP contribution in [0.2, 0.25) is 0 Å². The fraction of sp³-hybridized carbons (Fsp3) is 0.429. The zero-order valence-corrected chi connectivity index (χ0v) is 11.8. The summed E-state index contributed by atoms with van der Waals surface area (Å²) in [5.41, 5.74) is -1.10. The summed E-state index contributed by atoms with van der Waals surface area (Å²) < 4.78 is 5.42. The first kappa shape index (κ1) is 14.7. The van der Waals surface area contributed by atoms with Crippen LogP contribution in [0.4, 0.5) is 0 Å². The lowest BCUT2D eigenvalue weighted by Crippen LogP contribution is -2.54. The second-order valence-corrected chi connectivity index (χ2v) is 5.75. The van der Waals surface area contributed by atoms with Crippen LogP contribution in [0.1, 0.15) is 12.8 Å². The van der Waals surface area contributed by atoms with Crippen LogP contribution in [0.5, 0.6) is 5.75 Å². The van der Waals surface area contributed by atoms with Gasteiger partial charge in [-0.2, -0.15) is 11.8 Å². The molecule has 1 aliphatic rings. The van der Waals surface area contributed by atoms with Gasteiger partial charge in [-0.3, -0.25) is 4.79 Å². The molecule has 1 amide bonds. The highest BCUT2D eigenvalue weighted by molar-refractivity contribution is 7.99. The van der Waals surface area contributed by atoms with Crippen molar-refractivity contribution in [1.29, 1.82) is 0 Å². The fourth-order valence-corrected chi connectivity index (χ4v) is 3.32. The highest BCUT2D eigenvalue weighted by atomic mass is 32.2. The third-order valence-electron chi connectivity index (χ3n) is 3.15. The highest BCUT2D eigenvalue weighted by Crippen LogP contribution is 2.28. The van der Waals surface area contributed by atoms with Crippen molar-refractivity contribution < 1.29 is 19.4 Å². The maximum Gasteiger partial charge on any atom is 0.330 e. The molecular weight excluding hydrogens is 278 g/mol. The molecule has 108 valence electrons. The van der Waals surface area contributed by atoms with Gasteiger partial charge in [-0.25, -0.2) is 4.79 Å². The predicted molar refractivity (Wildman–Crippen MR) is 77.0 cm³/mol. The molecule has 0 bridgehead atoms. The molecule has 6 heteroatoms. The van der Waals surface area contributed by atoms with Crippen LogP contribution in [-0.4, -0.2) is 40.6 Å². The number of aliphatic carboxylic acids is 1. The number of carboxylic acid groups (broad SMARTS) is 1. The molecule has 1 aliphatic heterocycles. The summed E-state index contributed by atoms with van der Waals surface area (Å²) >= 11 is 1.55. The summed E-state index contributed by atoms with van der Waals surface area (Å²) in [5, 5.41) is 11.9. The van der Waals surface area contributed by atoms with Gasteiger partial charge in [-0.05, 0) is 24.3 Å². The Labute approximate surface area is 121 Å². The first-order valence-electron chi connectivity index (χ1n) is 6.42. The van der Waals surface area contributed by atoms with Crippen LogP contribution < -0.4 is 10.1 Å². The van der Waals surface area contributed by atoms with E-state index in [1.165, 1.54) is 0 Å². The predicted octanol–water partition coefficient (Wildman–Crippen LogP) is 1.53. The van der Waals surface area contributed by atoms with E-state index in [4.69, 9.17) is 4.74 Å². The third kappa shape index (κ3) is 3.66. The maximum atomic E-state index is 11.8. The van der Waals surface area contributed by atoms with Crippen LogP contribution in [0.25, 0.3) is 0 Å². The number of ether oxygens (including phenoxy) is 1. The second kappa shape index (κ2) is 6.65. The summed E-state index contributed by atoms with van der Waals surface area (Å²) in [6.45, 7) is 0.235. The Bertz CT molecular complexity index is 471. The van der Waals surface area contributed by atoms with Gasteiger partial charge in [-0.15, -0.1) is 0 Å². The Hall–Kier alpha value is -1.69. The number of thioether (sulfide) groups is 1. The van der Waals surface area contributed by atoms with E-state index in [1.807, 2.05) is 30.3 Å². The van der Waals surface area contributed by atoms with E-state index in [0.29, 0.717) is 17.9 Å². The SMILES string of the molecule is O=C(CCOc1ccccc1)N[C@@]1(C(=O)O)CCSC1. The van der Waals surface area contributed by atoms with Gasteiger partial charge < -0.3 is 15.2 Å². The fourth-order valence-electron chi connectivity index (χ4n) is 1.99.